The summed E-state index contributed by atoms with van der Waals surface area (Å²) < 4.78 is 13.2. The number of amides is 1. The van der Waals surface area contributed by atoms with Gasteiger partial charge in [0.05, 0.1) is 4.92 Å². The molecule has 0 aliphatic rings. The number of hydrogen-bond donors (Lipinski definition) is 1. The third-order valence-corrected chi connectivity index (χ3v) is 1.96. The lowest BCUT2D eigenvalue weighted by Gasteiger charge is -2.04. The van der Waals surface area contributed by atoms with Crippen LogP contribution in [0.15, 0.2) is 30.4 Å². The first-order chi connectivity index (χ1) is 7.91. The van der Waals surface area contributed by atoms with Gasteiger partial charge in [-0.2, -0.15) is 4.39 Å². The molecule has 17 heavy (non-hydrogen) atoms. The van der Waals surface area contributed by atoms with Crippen molar-refractivity contribution in [3.63, 3.8) is 0 Å². The fourth-order valence-corrected chi connectivity index (χ4v) is 1.13. The van der Waals surface area contributed by atoms with Crippen LogP contribution in [0.5, 0.6) is 0 Å². The minimum absolute atomic E-state index is 0.0364. The lowest BCUT2D eigenvalue weighted by molar-refractivity contribution is -0.387. The van der Waals surface area contributed by atoms with E-state index in [0.717, 1.165) is 17.7 Å². The monoisotopic (exact) mass is 238 g/mol. The van der Waals surface area contributed by atoms with E-state index in [1.165, 1.54) is 6.07 Å². The van der Waals surface area contributed by atoms with Crippen molar-refractivity contribution in [2.45, 2.75) is 6.92 Å². The Hall–Kier alpha value is -2.24. The maximum atomic E-state index is 13.2. The van der Waals surface area contributed by atoms with Gasteiger partial charge in [-0.3, -0.25) is 14.9 Å². The summed E-state index contributed by atoms with van der Waals surface area (Å²) in [7, 11) is 0. The van der Waals surface area contributed by atoms with E-state index >= 15 is 0 Å². The zero-order chi connectivity index (χ0) is 13.0. The largest absolute Gasteiger partial charge is 0.348 e. The number of nitrogens with zero attached hydrogens (tertiary/aromatic N) is 1. The molecule has 0 radical (unpaired) electrons. The molecule has 1 aromatic rings. The SMILES string of the molecule is C=C(C)CNC(=O)c1ccc([N+](=O)[O-])c(F)c1. The molecule has 0 saturated heterocycles. The first-order valence-corrected chi connectivity index (χ1v) is 4.78. The average molecular weight is 238 g/mol. The van der Waals surface area contributed by atoms with Crippen molar-refractivity contribution in [1.29, 1.82) is 0 Å². The molecule has 0 saturated carbocycles. The van der Waals surface area contributed by atoms with Crippen molar-refractivity contribution in [2.75, 3.05) is 6.54 Å². The molecule has 1 N–H and O–H groups in total. The third-order valence-electron chi connectivity index (χ3n) is 1.96. The number of benzene rings is 1. The highest BCUT2D eigenvalue weighted by molar-refractivity contribution is 5.94. The van der Waals surface area contributed by atoms with Crippen LogP contribution in [0.25, 0.3) is 0 Å². The van der Waals surface area contributed by atoms with Crippen molar-refractivity contribution in [1.82, 2.24) is 5.32 Å². The Balaban J connectivity index is 2.86. The molecule has 5 nitrogen and oxygen atoms in total. The van der Waals surface area contributed by atoms with Gasteiger partial charge in [0, 0.05) is 18.2 Å². The van der Waals surface area contributed by atoms with Crippen LogP contribution in [0.1, 0.15) is 17.3 Å². The topological polar surface area (TPSA) is 72.2 Å². The number of hydrogen-bond acceptors (Lipinski definition) is 3. The van der Waals surface area contributed by atoms with Crippen LogP contribution in [0.4, 0.5) is 10.1 Å². The molecule has 0 aromatic heterocycles. The van der Waals surface area contributed by atoms with Gasteiger partial charge in [0.15, 0.2) is 0 Å². The van der Waals surface area contributed by atoms with Gasteiger partial charge >= 0.3 is 5.69 Å². The fraction of sp³-hybridized carbons (Fsp3) is 0.182. The molecular weight excluding hydrogens is 227 g/mol. The highest BCUT2D eigenvalue weighted by Crippen LogP contribution is 2.17. The van der Waals surface area contributed by atoms with Gasteiger partial charge in [0.1, 0.15) is 0 Å². The molecule has 1 rings (SSSR count). The van der Waals surface area contributed by atoms with Crippen LogP contribution in [-0.4, -0.2) is 17.4 Å². The summed E-state index contributed by atoms with van der Waals surface area (Å²) in [6, 6.07) is 3.01. The van der Waals surface area contributed by atoms with E-state index in [0.29, 0.717) is 0 Å². The van der Waals surface area contributed by atoms with E-state index < -0.39 is 22.3 Å². The Morgan fingerprint density at radius 1 is 1.59 bits per heavy atom. The highest BCUT2D eigenvalue weighted by atomic mass is 19.1. The first-order valence-electron chi connectivity index (χ1n) is 4.78. The maximum Gasteiger partial charge on any atom is 0.304 e. The Morgan fingerprint density at radius 3 is 2.71 bits per heavy atom. The van der Waals surface area contributed by atoms with E-state index in [4.69, 9.17) is 0 Å². The van der Waals surface area contributed by atoms with Crippen LogP contribution in [0, 0.1) is 15.9 Å². The first kappa shape index (κ1) is 12.8. The molecular formula is C11H11FN2O3. The fourth-order valence-electron chi connectivity index (χ4n) is 1.13. The van der Waals surface area contributed by atoms with Gasteiger partial charge in [-0.1, -0.05) is 12.2 Å². The van der Waals surface area contributed by atoms with Gasteiger partial charge in [-0.15, -0.1) is 0 Å². The zero-order valence-electron chi connectivity index (χ0n) is 9.20. The quantitative estimate of drug-likeness (QED) is 0.495. The van der Waals surface area contributed by atoms with E-state index in [-0.39, 0.29) is 12.1 Å². The molecule has 1 amide bonds. The van der Waals surface area contributed by atoms with E-state index in [1.54, 1.807) is 6.92 Å². The van der Waals surface area contributed by atoms with Crippen LogP contribution in [0.2, 0.25) is 0 Å². The molecule has 0 fully saturated rings. The summed E-state index contributed by atoms with van der Waals surface area (Å²) in [5.41, 5.74) is 0.136. The van der Waals surface area contributed by atoms with Crippen molar-refractivity contribution in [3.8, 4) is 0 Å². The Labute approximate surface area is 97.1 Å². The summed E-state index contributed by atoms with van der Waals surface area (Å²) in [6.45, 7) is 5.61. The highest BCUT2D eigenvalue weighted by Gasteiger charge is 2.16. The Morgan fingerprint density at radius 2 is 2.24 bits per heavy atom. The molecule has 0 heterocycles. The van der Waals surface area contributed by atoms with Crippen molar-refractivity contribution in [2.24, 2.45) is 0 Å². The molecule has 6 heteroatoms. The zero-order valence-corrected chi connectivity index (χ0v) is 9.20. The second kappa shape index (κ2) is 5.20. The lowest BCUT2D eigenvalue weighted by atomic mass is 10.2. The molecule has 0 bridgehead atoms. The van der Waals surface area contributed by atoms with E-state index in [2.05, 4.69) is 11.9 Å². The van der Waals surface area contributed by atoms with Gasteiger partial charge in [0.2, 0.25) is 5.82 Å². The summed E-state index contributed by atoms with van der Waals surface area (Å²) in [5.74, 6) is -1.53. The summed E-state index contributed by atoms with van der Waals surface area (Å²) in [5, 5.41) is 12.9. The van der Waals surface area contributed by atoms with E-state index in [9.17, 15) is 19.3 Å². The van der Waals surface area contributed by atoms with Crippen LogP contribution in [-0.2, 0) is 0 Å². The standard InChI is InChI=1S/C11H11FN2O3/c1-7(2)6-13-11(15)8-3-4-10(14(16)17)9(12)5-8/h3-5H,1,6H2,2H3,(H,13,15). The van der Waals surface area contributed by atoms with Crippen molar-refractivity contribution in [3.05, 3.63) is 51.8 Å². The van der Waals surface area contributed by atoms with Crippen LogP contribution in [0.3, 0.4) is 0 Å². The van der Waals surface area contributed by atoms with Crippen molar-refractivity contribution < 1.29 is 14.1 Å². The molecule has 90 valence electrons. The van der Waals surface area contributed by atoms with Crippen LogP contribution < -0.4 is 5.32 Å². The predicted molar refractivity (Wildman–Crippen MR) is 60.2 cm³/mol. The summed E-state index contributed by atoms with van der Waals surface area (Å²) >= 11 is 0. The molecule has 0 aliphatic heterocycles. The number of nitrogens with one attached hydrogen (secondary N) is 1. The van der Waals surface area contributed by atoms with Crippen molar-refractivity contribution >= 4 is 11.6 Å². The second-order valence-electron chi connectivity index (χ2n) is 3.56. The van der Waals surface area contributed by atoms with Gasteiger partial charge in [-0.05, 0) is 19.1 Å². The molecule has 0 atom stereocenters. The number of nitro benzene ring substituents is 1. The number of halogens is 1. The molecule has 0 unspecified atom stereocenters. The number of nitro groups is 1. The second-order valence-corrected chi connectivity index (χ2v) is 3.56. The molecule has 0 aliphatic carbocycles. The Kier molecular flexibility index (Phi) is 3.92. The third kappa shape index (κ3) is 3.37. The summed E-state index contributed by atoms with van der Waals surface area (Å²) in [4.78, 5) is 21.0. The van der Waals surface area contributed by atoms with Gasteiger partial charge < -0.3 is 5.32 Å². The van der Waals surface area contributed by atoms with Gasteiger partial charge in [-0.25, -0.2) is 0 Å². The van der Waals surface area contributed by atoms with Gasteiger partial charge in [0.25, 0.3) is 5.91 Å². The predicted octanol–water partition coefficient (Wildman–Crippen LogP) is 2.04. The Bertz CT molecular complexity index is 486. The van der Waals surface area contributed by atoms with E-state index in [1.807, 2.05) is 0 Å². The smallest absolute Gasteiger partial charge is 0.304 e. The minimum Gasteiger partial charge on any atom is -0.348 e. The average Bonchev–Trinajstić information content (AvgIpc) is 2.25. The summed E-state index contributed by atoms with van der Waals surface area (Å²) in [6.07, 6.45) is 0. The number of carbonyl (C=O) groups is 1. The molecule has 1 aromatic carbocycles. The maximum absolute atomic E-state index is 13.2. The minimum atomic E-state index is -1.03. The lowest BCUT2D eigenvalue weighted by Crippen LogP contribution is -2.24. The number of rotatable bonds is 4. The normalized spacial score (nSPS) is 9.76. The van der Waals surface area contributed by atoms with Crippen LogP contribution >= 0.6 is 0 Å². The number of carbonyl (C=O) groups excluding carboxylic acids is 1. The molecule has 0 spiro atoms.